The van der Waals surface area contributed by atoms with Gasteiger partial charge in [0, 0.05) is 0 Å². The first-order valence-electron chi connectivity index (χ1n) is 4.67. The van der Waals surface area contributed by atoms with Crippen molar-refractivity contribution in [3.05, 3.63) is 12.2 Å². The molecule has 2 heteroatoms. The zero-order chi connectivity index (χ0) is 8.77. The van der Waals surface area contributed by atoms with E-state index in [1.807, 2.05) is 0 Å². The number of fused-ring (bicyclic) bond motifs is 2. The Kier molecular flexibility index (Phi) is 1.53. The Bertz CT molecular complexity index is 246. The fourth-order valence-corrected chi connectivity index (χ4v) is 2.82. The first-order valence-corrected chi connectivity index (χ1v) is 4.67. The van der Waals surface area contributed by atoms with E-state index < -0.39 is 0 Å². The molecular weight excluding hydrogens is 150 g/mol. The van der Waals surface area contributed by atoms with E-state index in [1.54, 1.807) is 0 Å². The van der Waals surface area contributed by atoms with E-state index in [0.717, 1.165) is 19.3 Å². The van der Waals surface area contributed by atoms with E-state index in [0.29, 0.717) is 11.8 Å². The van der Waals surface area contributed by atoms with Gasteiger partial charge in [0.25, 0.3) is 0 Å². The highest BCUT2D eigenvalue weighted by atomic mass is 16.1. The highest BCUT2D eigenvalue weighted by molar-refractivity contribution is 5.82. The van der Waals surface area contributed by atoms with Crippen molar-refractivity contribution >= 4 is 5.91 Å². The van der Waals surface area contributed by atoms with Gasteiger partial charge in [0.15, 0.2) is 0 Å². The minimum absolute atomic E-state index is 0.0955. The zero-order valence-corrected chi connectivity index (χ0v) is 7.42. The molecule has 0 saturated heterocycles. The molecule has 0 aromatic rings. The van der Waals surface area contributed by atoms with Gasteiger partial charge in [-0.1, -0.05) is 19.1 Å². The summed E-state index contributed by atoms with van der Waals surface area (Å²) in [6.07, 6.45) is 7.45. The lowest BCUT2D eigenvalue weighted by Crippen LogP contribution is -2.39. The van der Waals surface area contributed by atoms with Crippen molar-refractivity contribution in [2.45, 2.75) is 26.2 Å². The fraction of sp³-hybridized carbons (Fsp3) is 0.700. The molecule has 0 unspecified atom stereocenters. The predicted octanol–water partition coefficient (Wildman–Crippen LogP) is 1.46. The number of hydrogen-bond acceptors (Lipinski definition) is 1. The van der Waals surface area contributed by atoms with Crippen LogP contribution in [0.1, 0.15) is 26.2 Å². The highest BCUT2D eigenvalue weighted by Crippen LogP contribution is 2.53. The van der Waals surface area contributed by atoms with Crippen LogP contribution in [0.15, 0.2) is 12.2 Å². The van der Waals surface area contributed by atoms with E-state index >= 15 is 0 Å². The Morgan fingerprint density at radius 3 is 2.67 bits per heavy atom. The molecular formula is C10H15NO. The summed E-state index contributed by atoms with van der Waals surface area (Å²) in [4.78, 5) is 11.3. The average molecular weight is 165 g/mol. The summed E-state index contributed by atoms with van der Waals surface area (Å²) in [5, 5.41) is 0. The van der Waals surface area contributed by atoms with Crippen LogP contribution in [0.4, 0.5) is 0 Å². The minimum Gasteiger partial charge on any atom is -0.369 e. The molecule has 2 aliphatic rings. The van der Waals surface area contributed by atoms with Gasteiger partial charge >= 0.3 is 0 Å². The molecule has 0 aliphatic heterocycles. The molecule has 1 fully saturated rings. The number of hydrogen-bond donors (Lipinski definition) is 1. The fourth-order valence-electron chi connectivity index (χ4n) is 2.82. The molecule has 2 bridgehead atoms. The first kappa shape index (κ1) is 7.84. The SMILES string of the molecule is CC[C@@]1(C(N)=O)C[C@H]2C=C[C@H]1C2. The largest absolute Gasteiger partial charge is 0.369 e. The maximum absolute atomic E-state index is 11.3. The third-order valence-electron chi connectivity index (χ3n) is 3.63. The molecule has 0 aromatic carbocycles. The van der Waals surface area contributed by atoms with Crippen LogP contribution in [-0.2, 0) is 4.79 Å². The van der Waals surface area contributed by atoms with Gasteiger partial charge in [0.1, 0.15) is 0 Å². The molecule has 66 valence electrons. The Morgan fingerprint density at radius 1 is 1.67 bits per heavy atom. The molecule has 2 rings (SSSR count). The number of nitrogens with two attached hydrogens (primary N) is 1. The van der Waals surface area contributed by atoms with Crippen molar-refractivity contribution in [3.63, 3.8) is 0 Å². The van der Waals surface area contributed by atoms with E-state index in [9.17, 15) is 4.79 Å². The molecule has 12 heavy (non-hydrogen) atoms. The van der Waals surface area contributed by atoms with Crippen molar-refractivity contribution in [1.82, 2.24) is 0 Å². The monoisotopic (exact) mass is 165 g/mol. The quantitative estimate of drug-likeness (QED) is 0.618. The third-order valence-corrected chi connectivity index (χ3v) is 3.63. The maximum Gasteiger partial charge on any atom is 0.224 e. The van der Waals surface area contributed by atoms with Crippen molar-refractivity contribution in [2.24, 2.45) is 23.0 Å². The maximum atomic E-state index is 11.3. The lowest BCUT2D eigenvalue weighted by Gasteiger charge is -2.30. The summed E-state index contributed by atoms with van der Waals surface area (Å²) in [5.41, 5.74) is 5.26. The molecule has 0 aromatic heterocycles. The van der Waals surface area contributed by atoms with Gasteiger partial charge < -0.3 is 5.73 Å². The summed E-state index contributed by atoms with van der Waals surface area (Å²) < 4.78 is 0. The minimum atomic E-state index is -0.195. The summed E-state index contributed by atoms with van der Waals surface area (Å²) in [5.74, 6) is 0.967. The molecule has 0 radical (unpaired) electrons. The predicted molar refractivity (Wildman–Crippen MR) is 47.3 cm³/mol. The zero-order valence-electron chi connectivity index (χ0n) is 7.42. The van der Waals surface area contributed by atoms with Crippen LogP contribution >= 0.6 is 0 Å². The number of amides is 1. The van der Waals surface area contributed by atoms with Crippen molar-refractivity contribution < 1.29 is 4.79 Å². The number of rotatable bonds is 2. The van der Waals surface area contributed by atoms with Crippen LogP contribution in [0.25, 0.3) is 0 Å². The summed E-state index contributed by atoms with van der Waals surface area (Å²) in [7, 11) is 0. The van der Waals surface area contributed by atoms with Gasteiger partial charge in [-0.15, -0.1) is 0 Å². The summed E-state index contributed by atoms with van der Waals surface area (Å²) in [6.45, 7) is 2.07. The van der Waals surface area contributed by atoms with Crippen LogP contribution in [-0.4, -0.2) is 5.91 Å². The second-order valence-electron chi connectivity index (χ2n) is 4.07. The topological polar surface area (TPSA) is 43.1 Å². The van der Waals surface area contributed by atoms with E-state index in [1.165, 1.54) is 0 Å². The lowest BCUT2D eigenvalue weighted by molar-refractivity contribution is -0.129. The van der Waals surface area contributed by atoms with Gasteiger partial charge in [-0.3, -0.25) is 4.79 Å². The Morgan fingerprint density at radius 2 is 2.42 bits per heavy atom. The number of allylic oxidation sites excluding steroid dienone is 2. The van der Waals surface area contributed by atoms with Gasteiger partial charge in [-0.05, 0) is 31.1 Å². The van der Waals surface area contributed by atoms with Crippen LogP contribution in [0.3, 0.4) is 0 Å². The molecule has 0 heterocycles. The average Bonchev–Trinajstić information content (AvgIpc) is 2.62. The first-order chi connectivity index (χ1) is 5.69. The van der Waals surface area contributed by atoms with Crippen molar-refractivity contribution in [1.29, 1.82) is 0 Å². The number of primary amides is 1. The van der Waals surface area contributed by atoms with Gasteiger partial charge in [0.2, 0.25) is 5.91 Å². The van der Waals surface area contributed by atoms with E-state index in [4.69, 9.17) is 5.73 Å². The van der Waals surface area contributed by atoms with Crippen molar-refractivity contribution in [2.75, 3.05) is 0 Å². The number of carbonyl (C=O) groups is 1. The second kappa shape index (κ2) is 2.35. The third kappa shape index (κ3) is 0.780. The molecule has 1 amide bonds. The normalized spacial score (nSPS) is 43.8. The Balaban J connectivity index is 2.31. The standard InChI is InChI=1S/C10H15NO/c1-2-10(9(11)12)6-7-3-4-8(10)5-7/h3-4,7-8H,2,5-6H2,1H3,(H2,11,12)/t7-,8-,10+/m0/s1. The van der Waals surface area contributed by atoms with Crippen LogP contribution < -0.4 is 5.73 Å². The smallest absolute Gasteiger partial charge is 0.224 e. The van der Waals surface area contributed by atoms with Crippen LogP contribution in [0, 0.1) is 17.3 Å². The van der Waals surface area contributed by atoms with Crippen molar-refractivity contribution in [3.8, 4) is 0 Å². The Labute approximate surface area is 72.8 Å². The molecule has 2 aliphatic carbocycles. The van der Waals surface area contributed by atoms with Gasteiger partial charge in [-0.25, -0.2) is 0 Å². The Hall–Kier alpha value is -0.790. The molecule has 1 saturated carbocycles. The highest BCUT2D eigenvalue weighted by Gasteiger charge is 2.50. The van der Waals surface area contributed by atoms with E-state index in [-0.39, 0.29) is 11.3 Å². The molecule has 3 atom stereocenters. The molecule has 2 nitrogen and oxygen atoms in total. The van der Waals surface area contributed by atoms with Crippen LogP contribution in [0.2, 0.25) is 0 Å². The molecule has 0 spiro atoms. The van der Waals surface area contributed by atoms with Gasteiger partial charge in [-0.2, -0.15) is 0 Å². The van der Waals surface area contributed by atoms with Gasteiger partial charge in [0.05, 0.1) is 5.41 Å². The van der Waals surface area contributed by atoms with E-state index in [2.05, 4.69) is 19.1 Å². The number of carbonyl (C=O) groups excluding carboxylic acids is 1. The summed E-state index contributed by atoms with van der Waals surface area (Å²) in [6, 6.07) is 0. The second-order valence-corrected chi connectivity index (χ2v) is 4.07. The lowest BCUT2D eigenvalue weighted by atomic mass is 9.73. The summed E-state index contributed by atoms with van der Waals surface area (Å²) >= 11 is 0. The van der Waals surface area contributed by atoms with Crippen LogP contribution in [0.5, 0.6) is 0 Å². The molecule has 2 N–H and O–H groups in total.